The lowest BCUT2D eigenvalue weighted by molar-refractivity contribution is -0.135. The first-order chi connectivity index (χ1) is 11.9. The van der Waals surface area contributed by atoms with Crippen LogP contribution in [0.3, 0.4) is 0 Å². The number of ether oxygens (including phenoxy) is 1. The first-order valence-corrected chi connectivity index (χ1v) is 9.57. The van der Waals surface area contributed by atoms with Gasteiger partial charge in [0.2, 0.25) is 0 Å². The van der Waals surface area contributed by atoms with Crippen molar-refractivity contribution in [2.75, 3.05) is 32.8 Å². The van der Waals surface area contributed by atoms with E-state index < -0.39 is 12.6 Å². The van der Waals surface area contributed by atoms with Gasteiger partial charge >= 0.3 is 6.18 Å². The fraction of sp³-hybridized carbons (Fsp3) is 0.944. The number of aliphatic imine (C=N–C) groups is 1. The largest absolute Gasteiger partial charge is 0.389 e. The Kier molecular flexibility index (Phi) is 13.7. The van der Waals surface area contributed by atoms with Gasteiger partial charge in [-0.25, -0.2) is 0 Å². The molecule has 0 spiro atoms. The Balaban J connectivity index is 0.00000625. The van der Waals surface area contributed by atoms with Crippen molar-refractivity contribution < 1.29 is 17.9 Å². The van der Waals surface area contributed by atoms with Crippen LogP contribution in [0, 0.1) is 5.41 Å². The molecule has 1 fully saturated rings. The monoisotopic (exact) mass is 493 g/mol. The average Bonchev–Trinajstić information content (AvgIpc) is 3.00. The number of nitrogens with one attached hydrogen (secondary N) is 2. The molecule has 1 saturated carbocycles. The molecule has 4 nitrogen and oxygen atoms in total. The van der Waals surface area contributed by atoms with E-state index in [1.807, 2.05) is 13.8 Å². The molecule has 1 aliphatic carbocycles. The van der Waals surface area contributed by atoms with Crippen LogP contribution >= 0.6 is 24.0 Å². The van der Waals surface area contributed by atoms with Gasteiger partial charge in [0.15, 0.2) is 5.96 Å². The summed E-state index contributed by atoms with van der Waals surface area (Å²) in [5.74, 6) is 0.706. The molecule has 0 saturated heterocycles. The zero-order valence-electron chi connectivity index (χ0n) is 16.1. The van der Waals surface area contributed by atoms with Gasteiger partial charge in [0.1, 0.15) is 0 Å². The van der Waals surface area contributed by atoms with Gasteiger partial charge in [-0.1, -0.05) is 12.8 Å². The van der Waals surface area contributed by atoms with E-state index in [1.165, 1.54) is 25.7 Å². The fourth-order valence-corrected chi connectivity index (χ4v) is 3.29. The highest BCUT2D eigenvalue weighted by Crippen LogP contribution is 2.41. The molecule has 0 aromatic heterocycles. The first kappa shape index (κ1) is 25.8. The van der Waals surface area contributed by atoms with Crippen molar-refractivity contribution in [1.29, 1.82) is 0 Å². The molecule has 2 N–H and O–H groups in total. The maximum Gasteiger partial charge on any atom is 0.389 e. The minimum atomic E-state index is -4.06. The van der Waals surface area contributed by atoms with Gasteiger partial charge in [0, 0.05) is 39.3 Å². The third-order valence-corrected chi connectivity index (χ3v) is 4.74. The number of hydrogen-bond acceptors (Lipinski definition) is 2. The van der Waals surface area contributed by atoms with E-state index in [9.17, 15) is 13.2 Å². The third-order valence-electron chi connectivity index (χ3n) is 4.74. The summed E-state index contributed by atoms with van der Waals surface area (Å²) in [5, 5.41) is 6.34. The van der Waals surface area contributed by atoms with Crippen molar-refractivity contribution in [1.82, 2.24) is 10.6 Å². The smallest absolute Gasteiger partial charge is 0.382 e. The quantitative estimate of drug-likeness (QED) is 0.187. The van der Waals surface area contributed by atoms with Crippen LogP contribution in [-0.2, 0) is 4.74 Å². The molecule has 8 heteroatoms. The molecule has 1 rings (SSSR count). The molecule has 0 radical (unpaired) electrons. The fourth-order valence-electron chi connectivity index (χ4n) is 3.29. The van der Waals surface area contributed by atoms with Gasteiger partial charge in [-0.15, -0.1) is 24.0 Å². The van der Waals surface area contributed by atoms with Crippen molar-refractivity contribution in [3.8, 4) is 0 Å². The Morgan fingerprint density at radius 3 is 2.38 bits per heavy atom. The average molecular weight is 493 g/mol. The summed E-state index contributed by atoms with van der Waals surface area (Å²) in [6.07, 6.45) is 1.70. The van der Waals surface area contributed by atoms with Gasteiger partial charge in [0.05, 0.1) is 0 Å². The molecule has 156 valence electrons. The predicted octanol–water partition coefficient (Wildman–Crippen LogP) is 4.88. The van der Waals surface area contributed by atoms with E-state index in [0.717, 1.165) is 32.7 Å². The minimum absolute atomic E-state index is 0. The Morgan fingerprint density at radius 1 is 1.12 bits per heavy atom. The Hall–Kier alpha value is -0.250. The molecule has 0 unspecified atom stereocenters. The molecule has 0 amide bonds. The molecule has 1 aliphatic rings. The summed E-state index contributed by atoms with van der Waals surface area (Å²) in [4.78, 5) is 4.71. The van der Waals surface area contributed by atoms with E-state index in [0.29, 0.717) is 18.9 Å². The third kappa shape index (κ3) is 11.5. The van der Waals surface area contributed by atoms with Crippen LogP contribution in [0.1, 0.15) is 65.2 Å². The van der Waals surface area contributed by atoms with Crippen LogP contribution in [0.4, 0.5) is 13.2 Å². The minimum Gasteiger partial charge on any atom is -0.382 e. The standard InChI is InChI=1S/C18H34F3N3O.HI/c1-3-22-16(23-13-8-7-11-18(19,20)21)24-15-17(9-5-6-10-17)12-14-25-4-2;/h3-15H2,1-2H3,(H2,22,23,24);1H. The maximum atomic E-state index is 12.2. The predicted molar refractivity (Wildman–Crippen MR) is 111 cm³/mol. The summed E-state index contributed by atoms with van der Waals surface area (Å²) in [5.41, 5.74) is 0.216. The second-order valence-electron chi connectivity index (χ2n) is 6.85. The second-order valence-corrected chi connectivity index (χ2v) is 6.85. The number of alkyl halides is 3. The molecule has 0 heterocycles. The summed E-state index contributed by atoms with van der Waals surface area (Å²) < 4.78 is 42.0. The van der Waals surface area contributed by atoms with E-state index >= 15 is 0 Å². The van der Waals surface area contributed by atoms with Gasteiger partial charge in [-0.05, 0) is 51.4 Å². The van der Waals surface area contributed by atoms with Crippen molar-refractivity contribution >= 4 is 29.9 Å². The van der Waals surface area contributed by atoms with Crippen molar-refractivity contribution in [3.63, 3.8) is 0 Å². The zero-order valence-corrected chi connectivity index (χ0v) is 18.4. The van der Waals surface area contributed by atoms with E-state index in [4.69, 9.17) is 9.73 Å². The summed E-state index contributed by atoms with van der Waals surface area (Å²) in [7, 11) is 0. The first-order valence-electron chi connectivity index (χ1n) is 9.57. The van der Waals surface area contributed by atoms with Crippen LogP contribution in [-0.4, -0.2) is 45.0 Å². The molecule has 0 aliphatic heterocycles. The van der Waals surface area contributed by atoms with Crippen LogP contribution in [0.2, 0.25) is 0 Å². The molecule has 0 bridgehead atoms. The van der Waals surface area contributed by atoms with Gasteiger partial charge in [-0.3, -0.25) is 4.99 Å². The highest BCUT2D eigenvalue weighted by Gasteiger charge is 2.33. The lowest BCUT2D eigenvalue weighted by Gasteiger charge is -2.27. The molecule has 0 atom stereocenters. The Bertz CT molecular complexity index is 386. The molecular weight excluding hydrogens is 458 g/mol. The van der Waals surface area contributed by atoms with E-state index in [2.05, 4.69) is 10.6 Å². The zero-order chi connectivity index (χ0) is 18.6. The summed E-state index contributed by atoms with van der Waals surface area (Å²) in [6.45, 7) is 7.49. The van der Waals surface area contributed by atoms with Crippen molar-refractivity contribution in [2.24, 2.45) is 10.4 Å². The molecule has 26 heavy (non-hydrogen) atoms. The van der Waals surface area contributed by atoms with Gasteiger partial charge in [-0.2, -0.15) is 13.2 Å². The van der Waals surface area contributed by atoms with Crippen LogP contribution in [0.25, 0.3) is 0 Å². The van der Waals surface area contributed by atoms with Crippen molar-refractivity contribution in [2.45, 2.75) is 71.4 Å². The number of guanidine groups is 1. The topological polar surface area (TPSA) is 45.7 Å². The molecule has 0 aromatic carbocycles. The number of halogens is 4. The number of hydrogen-bond donors (Lipinski definition) is 2. The van der Waals surface area contributed by atoms with Crippen LogP contribution in [0.15, 0.2) is 4.99 Å². The number of rotatable bonds is 11. The van der Waals surface area contributed by atoms with E-state index in [-0.39, 0.29) is 35.8 Å². The lowest BCUT2D eigenvalue weighted by Crippen LogP contribution is -2.39. The van der Waals surface area contributed by atoms with Crippen molar-refractivity contribution in [3.05, 3.63) is 0 Å². The van der Waals surface area contributed by atoms with Crippen LogP contribution < -0.4 is 10.6 Å². The molecular formula is C18H35F3IN3O. The highest BCUT2D eigenvalue weighted by molar-refractivity contribution is 14.0. The highest BCUT2D eigenvalue weighted by atomic mass is 127. The summed E-state index contributed by atoms with van der Waals surface area (Å²) >= 11 is 0. The van der Waals surface area contributed by atoms with E-state index in [1.54, 1.807) is 0 Å². The summed E-state index contributed by atoms with van der Waals surface area (Å²) in [6, 6.07) is 0. The van der Waals surface area contributed by atoms with Gasteiger partial charge in [0.25, 0.3) is 0 Å². The Labute approximate surface area is 173 Å². The van der Waals surface area contributed by atoms with Crippen LogP contribution in [0.5, 0.6) is 0 Å². The normalized spacial score (nSPS) is 17.0. The van der Waals surface area contributed by atoms with Gasteiger partial charge < -0.3 is 15.4 Å². The number of unbranched alkanes of at least 4 members (excludes halogenated alkanes) is 1. The maximum absolute atomic E-state index is 12.2. The Morgan fingerprint density at radius 2 is 1.81 bits per heavy atom. The molecule has 0 aromatic rings. The lowest BCUT2D eigenvalue weighted by atomic mass is 9.83. The number of nitrogens with zero attached hydrogens (tertiary/aromatic N) is 1. The second kappa shape index (κ2) is 13.8. The SMILES string of the molecule is CCNC(=NCC1(CCOCC)CCCC1)NCCCCC(F)(F)F.I.